The molecule has 0 saturated carbocycles. The van der Waals surface area contributed by atoms with Crippen LogP contribution in [0.25, 0.3) is 0 Å². The SMILES string of the molecule is Cc1nc(Cl)cc(Nc2ccn(C)n2)n1. The highest BCUT2D eigenvalue weighted by Gasteiger charge is 2.01. The number of hydrogen-bond donors (Lipinski definition) is 1. The number of anilines is 2. The number of aryl methyl sites for hydroxylation is 2. The Kier molecular flexibility index (Phi) is 2.55. The monoisotopic (exact) mass is 223 g/mol. The van der Waals surface area contributed by atoms with E-state index in [1.54, 1.807) is 17.7 Å². The smallest absolute Gasteiger partial charge is 0.153 e. The standard InChI is InChI=1S/C9H10ClN5/c1-6-11-7(10)5-9(12-6)13-8-3-4-15(2)14-8/h3-5H,1-2H3,(H,11,12,13,14). The minimum Gasteiger partial charge on any atom is -0.323 e. The molecule has 15 heavy (non-hydrogen) atoms. The Labute approximate surface area is 92.1 Å². The Morgan fingerprint density at radius 2 is 2.13 bits per heavy atom. The number of aromatic nitrogens is 4. The molecule has 0 atom stereocenters. The van der Waals surface area contributed by atoms with E-state index >= 15 is 0 Å². The van der Waals surface area contributed by atoms with Crippen LogP contribution in [0.2, 0.25) is 5.15 Å². The van der Waals surface area contributed by atoms with Crippen LogP contribution < -0.4 is 5.32 Å². The van der Waals surface area contributed by atoms with E-state index in [9.17, 15) is 0 Å². The molecule has 0 radical (unpaired) electrons. The van der Waals surface area contributed by atoms with Gasteiger partial charge in [-0.2, -0.15) is 5.10 Å². The highest BCUT2D eigenvalue weighted by atomic mass is 35.5. The van der Waals surface area contributed by atoms with Crippen LogP contribution in [0.4, 0.5) is 11.6 Å². The van der Waals surface area contributed by atoms with Gasteiger partial charge in [-0.05, 0) is 6.92 Å². The van der Waals surface area contributed by atoms with E-state index in [0.29, 0.717) is 16.8 Å². The van der Waals surface area contributed by atoms with Gasteiger partial charge in [-0.1, -0.05) is 11.6 Å². The molecule has 5 nitrogen and oxygen atoms in total. The number of rotatable bonds is 2. The van der Waals surface area contributed by atoms with Crippen LogP contribution in [0, 0.1) is 6.92 Å². The van der Waals surface area contributed by atoms with E-state index in [2.05, 4.69) is 20.4 Å². The van der Waals surface area contributed by atoms with Crippen LogP contribution in [0.15, 0.2) is 18.3 Å². The first-order chi connectivity index (χ1) is 7.13. The van der Waals surface area contributed by atoms with E-state index in [-0.39, 0.29) is 0 Å². The predicted octanol–water partition coefficient (Wildman–Crippen LogP) is 1.92. The molecular weight excluding hydrogens is 214 g/mol. The van der Waals surface area contributed by atoms with Gasteiger partial charge in [-0.3, -0.25) is 4.68 Å². The maximum atomic E-state index is 5.80. The highest BCUT2D eigenvalue weighted by molar-refractivity contribution is 6.29. The molecule has 0 bridgehead atoms. The topological polar surface area (TPSA) is 55.6 Å². The lowest BCUT2D eigenvalue weighted by atomic mass is 10.5. The Bertz CT molecular complexity index is 459. The first kappa shape index (κ1) is 9.92. The van der Waals surface area contributed by atoms with E-state index in [1.807, 2.05) is 19.3 Å². The molecule has 2 heterocycles. The van der Waals surface area contributed by atoms with Crippen molar-refractivity contribution in [1.82, 2.24) is 19.7 Å². The molecule has 2 aromatic rings. The van der Waals surface area contributed by atoms with Crippen molar-refractivity contribution < 1.29 is 0 Å². The zero-order chi connectivity index (χ0) is 10.8. The van der Waals surface area contributed by atoms with Crippen LogP contribution in [0.1, 0.15) is 5.82 Å². The van der Waals surface area contributed by atoms with E-state index in [1.165, 1.54) is 0 Å². The molecule has 0 aromatic carbocycles. The second-order valence-corrected chi connectivity index (χ2v) is 3.51. The van der Waals surface area contributed by atoms with Crippen molar-refractivity contribution in [3.05, 3.63) is 29.3 Å². The summed E-state index contributed by atoms with van der Waals surface area (Å²) >= 11 is 5.80. The van der Waals surface area contributed by atoms with Crippen molar-refractivity contribution >= 4 is 23.2 Å². The quantitative estimate of drug-likeness (QED) is 0.791. The molecule has 0 aliphatic heterocycles. The Hall–Kier alpha value is -1.62. The highest BCUT2D eigenvalue weighted by Crippen LogP contribution is 2.15. The van der Waals surface area contributed by atoms with Gasteiger partial charge in [0, 0.05) is 25.4 Å². The summed E-state index contributed by atoms with van der Waals surface area (Å²) in [6, 6.07) is 3.51. The van der Waals surface area contributed by atoms with Crippen LogP contribution in [0.5, 0.6) is 0 Å². The fraction of sp³-hybridized carbons (Fsp3) is 0.222. The number of halogens is 1. The number of hydrogen-bond acceptors (Lipinski definition) is 4. The van der Waals surface area contributed by atoms with Crippen molar-refractivity contribution in [3.8, 4) is 0 Å². The van der Waals surface area contributed by atoms with Gasteiger partial charge in [0.1, 0.15) is 16.8 Å². The summed E-state index contributed by atoms with van der Waals surface area (Å²) in [5, 5.41) is 7.62. The molecule has 2 rings (SSSR count). The third-order valence-electron chi connectivity index (χ3n) is 1.78. The lowest BCUT2D eigenvalue weighted by Crippen LogP contribution is -1.98. The van der Waals surface area contributed by atoms with E-state index in [4.69, 9.17) is 11.6 Å². The molecule has 1 N–H and O–H groups in total. The normalized spacial score (nSPS) is 10.3. The van der Waals surface area contributed by atoms with Gasteiger partial charge in [0.05, 0.1) is 0 Å². The van der Waals surface area contributed by atoms with Crippen LogP contribution >= 0.6 is 11.6 Å². The van der Waals surface area contributed by atoms with Gasteiger partial charge in [0.15, 0.2) is 5.82 Å². The summed E-state index contributed by atoms with van der Waals surface area (Å²) in [4.78, 5) is 8.15. The van der Waals surface area contributed by atoms with Crippen molar-refractivity contribution in [1.29, 1.82) is 0 Å². The van der Waals surface area contributed by atoms with E-state index < -0.39 is 0 Å². The minimum atomic E-state index is 0.418. The maximum Gasteiger partial charge on any atom is 0.153 e. The van der Waals surface area contributed by atoms with Crippen LogP contribution in [0.3, 0.4) is 0 Å². The molecule has 0 unspecified atom stereocenters. The van der Waals surface area contributed by atoms with Gasteiger partial charge >= 0.3 is 0 Å². The van der Waals surface area contributed by atoms with Gasteiger partial charge < -0.3 is 5.32 Å². The lowest BCUT2D eigenvalue weighted by molar-refractivity contribution is 0.771. The zero-order valence-corrected chi connectivity index (χ0v) is 9.15. The fourth-order valence-corrected chi connectivity index (χ4v) is 1.43. The first-order valence-electron chi connectivity index (χ1n) is 4.41. The molecule has 0 saturated heterocycles. The average Bonchev–Trinajstić information content (AvgIpc) is 2.49. The third-order valence-corrected chi connectivity index (χ3v) is 1.97. The van der Waals surface area contributed by atoms with Gasteiger partial charge in [0.25, 0.3) is 0 Å². The molecule has 0 aliphatic carbocycles. The molecule has 0 spiro atoms. The summed E-state index contributed by atoms with van der Waals surface area (Å²) in [7, 11) is 1.85. The van der Waals surface area contributed by atoms with Crippen molar-refractivity contribution in [2.45, 2.75) is 6.92 Å². The fourth-order valence-electron chi connectivity index (χ4n) is 1.21. The predicted molar refractivity (Wildman–Crippen MR) is 58.3 cm³/mol. The average molecular weight is 224 g/mol. The summed E-state index contributed by atoms with van der Waals surface area (Å²) in [5.41, 5.74) is 0. The Morgan fingerprint density at radius 1 is 1.33 bits per heavy atom. The van der Waals surface area contributed by atoms with Crippen molar-refractivity contribution in [3.63, 3.8) is 0 Å². The Balaban J connectivity index is 2.24. The van der Waals surface area contributed by atoms with Gasteiger partial charge in [-0.15, -0.1) is 0 Å². The minimum absolute atomic E-state index is 0.418. The Morgan fingerprint density at radius 3 is 2.73 bits per heavy atom. The molecule has 0 fully saturated rings. The molecular formula is C9H10ClN5. The lowest BCUT2D eigenvalue weighted by Gasteiger charge is -2.02. The first-order valence-corrected chi connectivity index (χ1v) is 4.79. The van der Waals surface area contributed by atoms with Crippen molar-refractivity contribution in [2.24, 2.45) is 7.05 Å². The molecule has 0 aliphatic rings. The maximum absolute atomic E-state index is 5.80. The molecule has 2 aromatic heterocycles. The molecule has 0 amide bonds. The number of nitrogens with zero attached hydrogens (tertiary/aromatic N) is 4. The van der Waals surface area contributed by atoms with Crippen molar-refractivity contribution in [2.75, 3.05) is 5.32 Å². The largest absolute Gasteiger partial charge is 0.323 e. The molecule has 78 valence electrons. The van der Waals surface area contributed by atoms with E-state index in [0.717, 1.165) is 5.82 Å². The number of nitrogens with one attached hydrogen (secondary N) is 1. The molecule has 6 heteroatoms. The van der Waals surface area contributed by atoms with Crippen LogP contribution in [-0.2, 0) is 7.05 Å². The van der Waals surface area contributed by atoms with Crippen LogP contribution in [-0.4, -0.2) is 19.7 Å². The summed E-state index contributed by atoms with van der Waals surface area (Å²) in [6.07, 6.45) is 1.85. The summed E-state index contributed by atoms with van der Waals surface area (Å²) in [6.45, 7) is 1.79. The summed E-state index contributed by atoms with van der Waals surface area (Å²) < 4.78 is 1.71. The summed E-state index contributed by atoms with van der Waals surface area (Å²) in [5.74, 6) is 2.00. The van der Waals surface area contributed by atoms with Gasteiger partial charge in [0.2, 0.25) is 0 Å². The zero-order valence-electron chi connectivity index (χ0n) is 8.40. The second-order valence-electron chi connectivity index (χ2n) is 3.12. The second kappa shape index (κ2) is 3.86. The van der Waals surface area contributed by atoms with Gasteiger partial charge in [-0.25, -0.2) is 9.97 Å². The third kappa shape index (κ3) is 2.44.